The van der Waals surface area contributed by atoms with Crippen LogP contribution in [-0.4, -0.2) is 55.4 Å². The summed E-state index contributed by atoms with van der Waals surface area (Å²) in [4.78, 5) is 51.0. The molecular weight excluding hydrogens is 699 g/mol. The van der Waals surface area contributed by atoms with E-state index in [1.807, 2.05) is 43.3 Å². The van der Waals surface area contributed by atoms with Gasteiger partial charge in [0.1, 0.15) is 11.6 Å². The van der Waals surface area contributed by atoms with Gasteiger partial charge in [-0.25, -0.2) is 9.37 Å². The van der Waals surface area contributed by atoms with Crippen molar-refractivity contribution in [1.82, 2.24) is 4.98 Å². The van der Waals surface area contributed by atoms with Crippen LogP contribution in [0.15, 0.2) is 85.1 Å². The molecule has 1 spiro atoms. The Kier molecular flexibility index (Phi) is 9.15. The number of rotatable bonds is 7. The number of piperidine rings is 1. The monoisotopic (exact) mass is 734 g/mol. The molecule has 8 rings (SSSR count). The Hall–Kier alpha value is -4.90. The van der Waals surface area contributed by atoms with Crippen LogP contribution >= 0.6 is 22.9 Å². The zero-order valence-corrected chi connectivity index (χ0v) is 30.2. The van der Waals surface area contributed by atoms with Crippen LogP contribution in [0.25, 0.3) is 10.4 Å². The summed E-state index contributed by atoms with van der Waals surface area (Å²) in [6.45, 7) is 5.60. The molecule has 2 amide bonds. The van der Waals surface area contributed by atoms with Crippen molar-refractivity contribution < 1.29 is 23.5 Å². The lowest BCUT2D eigenvalue weighted by Gasteiger charge is -2.47. The fourth-order valence-corrected chi connectivity index (χ4v) is 8.71. The predicted molar refractivity (Wildman–Crippen MR) is 203 cm³/mol. The number of amides is 2. The first kappa shape index (κ1) is 34.2. The number of ketones is 1. The highest BCUT2D eigenvalue weighted by Crippen LogP contribution is 2.43. The van der Waals surface area contributed by atoms with Gasteiger partial charge in [-0.05, 0) is 91.9 Å². The molecule has 0 aliphatic carbocycles. The highest BCUT2D eigenvalue weighted by molar-refractivity contribution is 7.17. The molecule has 11 heteroatoms. The number of nitrogens with one attached hydrogen (secondary N) is 1. The standard InChI is InChI=1S/C41H36ClFN4O4S/c1-25-19-31(38(44-22-25)46-17-14-41(15-18-46)23-51-24-41)39(49)45-28-11-9-26(10-12-28)40(50)47-16-13-27-20-36(52-37(27)29-5-2-3-8-34(29)47)35(48)21-30-32(42)6-4-7-33(30)43/h2-12,19-20,22H,13-18,21,23-24H2,1H3,(H,45,49). The maximum Gasteiger partial charge on any atom is 0.259 e. The number of pyridine rings is 1. The highest BCUT2D eigenvalue weighted by atomic mass is 35.5. The van der Waals surface area contributed by atoms with Gasteiger partial charge in [0.15, 0.2) is 5.78 Å². The second kappa shape index (κ2) is 13.9. The number of nitrogens with zero attached hydrogens (tertiary/aromatic N) is 3. The van der Waals surface area contributed by atoms with E-state index in [2.05, 4.69) is 15.2 Å². The number of benzene rings is 3. The number of hydrogen-bond donors (Lipinski definition) is 1. The molecule has 5 heterocycles. The van der Waals surface area contributed by atoms with Crippen LogP contribution in [0.5, 0.6) is 0 Å². The maximum atomic E-state index is 14.4. The molecule has 2 aromatic heterocycles. The van der Waals surface area contributed by atoms with Crippen molar-refractivity contribution in [2.24, 2.45) is 5.41 Å². The molecule has 0 unspecified atom stereocenters. The van der Waals surface area contributed by atoms with Crippen molar-refractivity contribution in [2.75, 3.05) is 48.0 Å². The maximum absolute atomic E-state index is 14.4. The molecule has 3 aromatic carbocycles. The summed E-state index contributed by atoms with van der Waals surface area (Å²) in [6, 6.07) is 22.7. The third-order valence-electron chi connectivity index (χ3n) is 10.4. The number of fused-ring (bicyclic) bond motifs is 3. The fourth-order valence-electron chi connectivity index (χ4n) is 7.30. The van der Waals surface area contributed by atoms with E-state index in [0.717, 1.165) is 66.4 Å². The van der Waals surface area contributed by atoms with Gasteiger partial charge in [0, 0.05) is 69.9 Å². The zero-order valence-electron chi connectivity index (χ0n) is 28.6. The number of hydrogen-bond acceptors (Lipinski definition) is 7. The average Bonchev–Trinajstić information content (AvgIpc) is 3.51. The first-order chi connectivity index (χ1) is 25.2. The van der Waals surface area contributed by atoms with Gasteiger partial charge in [0.05, 0.1) is 29.3 Å². The summed E-state index contributed by atoms with van der Waals surface area (Å²) in [7, 11) is 0. The third-order valence-corrected chi connectivity index (χ3v) is 12.0. The van der Waals surface area contributed by atoms with E-state index in [1.165, 1.54) is 23.5 Å². The highest BCUT2D eigenvalue weighted by Gasteiger charge is 2.42. The van der Waals surface area contributed by atoms with Crippen molar-refractivity contribution in [1.29, 1.82) is 0 Å². The number of carbonyl (C=O) groups is 3. The molecule has 0 atom stereocenters. The number of aryl methyl sites for hydroxylation is 1. The van der Waals surface area contributed by atoms with Crippen molar-refractivity contribution in [3.63, 3.8) is 0 Å². The van der Waals surface area contributed by atoms with Gasteiger partial charge >= 0.3 is 0 Å². The minimum absolute atomic E-state index is 0.133. The minimum atomic E-state index is -0.502. The van der Waals surface area contributed by atoms with E-state index in [4.69, 9.17) is 16.3 Å². The Bertz CT molecular complexity index is 2190. The summed E-state index contributed by atoms with van der Waals surface area (Å²) >= 11 is 7.56. The van der Waals surface area contributed by atoms with E-state index >= 15 is 0 Å². The number of anilines is 3. The van der Waals surface area contributed by atoms with Gasteiger partial charge in [-0.15, -0.1) is 11.3 Å². The third kappa shape index (κ3) is 6.51. The van der Waals surface area contributed by atoms with Crippen LogP contribution in [0.1, 0.15) is 59.9 Å². The van der Waals surface area contributed by atoms with E-state index in [-0.39, 0.29) is 40.0 Å². The number of para-hydroxylation sites is 1. The molecule has 3 aliphatic heterocycles. The summed E-state index contributed by atoms with van der Waals surface area (Å²) in [5.41, 5.74) is 5.50. The molecule has 2 saturated heterocycles. The number of thiophene rings is 1. The van der Waals surface area contributed by atoms with Gasteiger partial charge in [-0.1, -0.05) is 35.9 Å². The Labute approximate surface area is 310 Å². The molecule has 0 bridgehead atoms. The normalized spacial score (nSPS) is 16.1. The number of carbonyl (C=O) groups excluding carboxylic acids is 3. The van der Waals surface area contributed by atoms with Gasteiger partial charge in [0.2, 0.25) is 0 Å². The summed E-state index contributed by atoms with van der Waals surface area (Å²) < 4.78 is 19.9. The van der Waals surface area contributed by atoms with Gasteiger partial charge < -0.3 is 19.9 Å². The second-order valence-corrected chi connectivity index (χ2v) is 15.3. The second-order valence-electron chi connectivity index (χ2n) is 13.9. The molecule has 8 nitrogen and oxygen atoms in total. The fraction of sp³-hybridized carbons (Fsp3) is 0.268. The lowest BCUT2D eigenvalue weighted by atomic mass is 9.77. The molecule has 1 N–H and O–H groups in total. The first-order valence-electron chi connectivity index (χ1n) is 17.4. The Morgan fingerprint density at radius 2 is 1.75 bits per heavy atom. The zero-order chi connectivity index (χ0) is 36.0. The molecular formula is C41H36ClFN4O4S. The Balaban J connectivity index is 0.978. The summed E-state index contributed by atoms with van der Waals surface area (Å²) in [5, 5.41) is 3.24. The van der Waals surface area contributed by atoms with Gasteiger partial charge in [0.25, 0.3) is 11.8 Å². The van der Waals surface area contributed by atoms with Crippen LogP contribution < -0.4 is 15.1 Å². The minimum Gasteiger partial charge on any atom is -0.380 e. The smallest absolute Gasteiger partial charge is 0.259 e. The number of halogens is 2. The Morgan fingerprint density at radius 1 is 0.981 bits per heavy atom. The van der Waals surface area contributed by atoms with Crippen molar-refractivity contribution in [3.8, 4) is 10.4 Å². The molecule has 2 fully saturated rings. The number of Topliss-reactive ketones (excluding diaryl/α,β-unsaturated/α-hetero) is 1. The molecule has 3 aliphatic rings. The number of ether oxygens (including phenoxy) is 1. The van der Waals surface area contributed by atoms with Gasteiger partial charge in [-0.3, -0.25) is 14.4 Å². The lowest BCUT2D eigenvalue weighted by Crippen LogP contribution is -2.51. The predicted octanol–water partition coefficient (Wildman–Crippen LogP) is 8.41. The average molecular weight is 735 g/mol. The van der Waals surface area contributed by atoms with Gasteiger partial charge in [-0.2, -0.15) is 0 Å². The SMILES string of the molecule is Cc1cnc(N2CCC3(CC2)COC3)c(C(=O)Nc2ccc(C(=O)N3CCc4cc(C(=O)Cc5c(F)cccc5Cl)sc4-c4ccccc43)cc2)c1. The van der Waals surface area contributed by atoms with Crippen molar-refractivity contribution in [2.45, 2.75) is 32.6 Å². The van der Waals surface area contributed by atoms with Crippen molar-refractivity contribution in [3.05, 3.63) is 129 Å². The molecule has 264 valence electrons. The Morgan fingerprint density at radius 3 is 2.48 bits per heavy atom. The molecule has 0 saturated carbocycles. The quantitative estimate of drug-likeness (QED) is 0.169. The van der Waals surface area contributed by atoms with E-state index in [0.29, 0.717) is 40.5 Å². The number of aromatic nitrogens is 1. The molecule has 5 aromatic rings. The van der Waals surface area contributed by atoms with E-state index < -0.39 is 5.82 Å². The van der Waals surface area contributed by atoms with Crippen LogP contribution in [0.3, 0.4) is 0 Å². The molecule has 0 radical (unpaired) electrons. The topological polar surface area (TPSA) is 91.8 Å². The van der Waals surface area contributed by atoms with Crippen LogP contribution in [-0.2, 0) is 17.6 Å². The van der Waals surface area contributed by atoms with E-state index in [1.54, 1.807) is 41.4 Å². The lowest BCUT2D eigenvalue weighted by molar-refractivity contribution is -0.124. The van der Waals surface area contributed by atoms with Crippen LogP contribution in [0.2, 0.25) is 5.02 Å². The van der Waals surface area contributed by atoms with Crippen molar-refractivity contribution >= 4 is 57.7 Å². The van der Waals surface area contributed by atoms with Crippen LogP contribution in [0, 0.1) is 18.2 Å². The van der Waals surface area contributed by atoms with E-state index in [9.17, 15) is 18.8 Å². The summed E-state index contributed by atoms with van der Waals surface area (Å²) in [6.07, 6.45) is 4.23. The first-order valence-corrected chi connectivity index (χ1v) is 18.6. The largest absolute Gasteiger partial charge is 0.380 e. The molecule has 52 heavy (non-hydrogen) atoms. The summed E-state index contributed by atoms with van der Waals surface area (Å²) in [5.74, 6) is -0.445. The van der Waals surface area contributed by atoms with Crippen LogP contribution in [0.4, 0.5) is 21.6 Å².